The number of hydrogen-bond donors (Lipinski definition) is 7. The highest BCUT2D eigenvalue weighted by Gasteiger charge is 2.62. The van der Waals surface area contributed by atoms with Crippen LogP contribution in [-0.2, 0) is 14.7 Å². The Hall–Kier alpha value is -1.47. The van der Waals surface area contributed by atoms with Gasteiger partial charge in [-0.1, -0.05) is 0 Å². The SMILES string of the molecule is O=[N+]([O-])c1ccc(C2(OP(=O)(O)O)[C@@H](O)[C@H](O)C(O)[C@H](O)[C@@H]2O)cc1. The van der Waals surface area contributed by atoms with Crippen molar-refractivity contribution in [2.45, 2.75) is 36.1 Å². The largest absolute Gasteiger partial charge is 0.470 e. The van der Waals surface area contributed by atoms with Gasteiger partial charge in [0.05, 0.1) is 4.92 Å². The minimum Gasteiger partial charge on any atom is -0.387 e. The fraction of sp³-hybridized carbons (Fsp3) is 0.500. The van der Waals surface area contributed by atoms with E-state index < -0.39 is 54.6 Å². The number of nitro benzene ring substituents is 1. The van der Waals surface area contributed by atoms with E-state index in [0.717, 1.165) is 24.3 Å². The molecule has 0 aliphatic heterocycles. The van der Waals surface area contributed by atoms with Crippen LogP contribution in [0.5, 0.6) is 0 Å². The third-order valence-electron chi connectivity index (χ3n) is 4.02. The molecule has 6 atom stereocenters. The predicted octanol–water partition coefficient (Wildman–Crippen LogP) is -2.28. The van der Waals surface area contributed by atoms with Gasteiger partial charge >= 0.3 is 7.82 Å². The summed E-state index contributed by atoms with van der Waals surface area (Å²) < 4.78 is 15.9. The molecular formula is C12H16NO11P. The van der Waals surface area contributed by atoms with E-state index in [1.54, 1.807) is 0 Å². The molecule has 0 radical (unpaired) electrons. The van der Waals surface area contributed by atoms with E-state index in [2.05, 4.69) is 4.52 Å². The summed E-state index contributed by atoms with van der Waals surface area (Å²) in [6.07, 6.45) is -10.9. The summed E-state index contributed by atoms with van der Waals surface area (Å²) in [7, 11) is -5.40. The lowest BCUT2D eigenvalue weighted by molar-refractivity contribution is -0.384. The fourth-order valence-electron chi connectivity index (χ4n) is 2.80. The van der Waals surface area contributed by atoms with Crippen molar-refractivity contribution in [2.24, 2.45) is 0 Å². The summed E-state index contributed by atoms with van der Waals surface area (Å²) in [6, 6.07) is 3.67. The van der Waals surface area contributed by atoms with Crippen LogP contribution in [0.15, 0.2) is 24.3 Å². The Morgan fingerprint density at radius 2 is 1.40 bits per heavy atom. The van der Waals surface area contributed by atoms with Crippen LogP contribution in [0, 0.1) is 10.1 Å². The lowest BCUT2D eigenvalue weighted by Crippen LogP contribution is -2.69. The van der Waals surface area contributed by atoms with Crippen LogP contribution in [0.1, 0.15) is 5.56 Å². The molecule has 1 aromatic carbocycles. The van der Waals surface area contributed by atoms with Gasteiger partial charge in [-0.2, -0.15) is 0 Å². The standard InChI is InChI=1S/C12H16NO11P/c14-7-8(15)10(17)12(11(18)9(7)16,24-25(21,22)23)5-1-3-6(4-2-5)13(19)20/h1-4,7-11,14-18H,(H2,21,22,23)/t7?,8-,9+,10-,11-,12?/m0/s1. The third-order valence-corrected chi connectivity index (χ3v) is 4.56. The van der Waals surface area contributed by atoms with E-state index in [9.17, 15) is 40.2 Å². The second-order valence-electron chi connectivity index (χ2n) is 5.54. The highest BCUT2D eigenvalue weighted by molar-refractivity contribution is 7.46. The Labute approximate surface area is 139 Å². The molecule has 7 N–H and O–H groups in total. The minimum atomic E-state index is -5.40. The van der Waals surface area contributed by atoms with Crippen LogP contribution in [0.25, 0.3) is 0 Å². The van der Waals surface area contributed by atoms with Gasteiger partial charge in [-0.25, -0.2) is 4.57 Å². The number of aliphatic hydroxyl groups is 5. The van der Waals surface area contributed by atoms with Gasteiger partial charge in [0, 0.05) is 12.1 Å². The minimum absolute atomic E-state index is 0.369. The zero-order valence-electron chi connectivity index (χ0n) is 12.4. The molecule has 140 valence electrons. The maximum Gasteiger partial charge on any atom is 0.470 e. The highest BCUT2D eigenvalue weighted by Crippen LogP contribution is 2.52. The first-order chi connectivity index (χ1) is 11.4. The molecule has 1 aliphatic carbocycles. The molecule has 25 heavy (non-hydrogen) atoms. The summed E-state index contributed by atoms with van der Waals surface area (Å²) in [5, 5.41) is 60.6. The molecule has 2 rings (SSSR count). The molecular weight excluding hydrogens is 365 g/mol. The molecule has 0 amide bonds. The topological polar surface area (TPSA) is 211 Å². The van der Waals surface area contributed by atoms with Gasteiger partial charge in [0.2, 0.25) is 0 Å². The van der Waals surface area contributed by atoms with Crippen molar-refractivity contribution in [3.8, 4) is 0 Å². The smallest absolute Gasteiger partial charge is 0.387 e. The summed E-state index contributed by atoms with van der Waals surface area (Å²) in [6.45, 7) is 0. The van der Waals surface area contributed by atoms with Gasteiger partial charge in [0.25, 0.3) is 5.69 Å². The third kappa shape index (κ3) is 3.44. The van der Waals surface area contributed by atoms with E-state index in [4.69, 9.17) is 9.79 Å². The Morgan fingerprint density at radius 3 is 1.76 bits per heavy atom. The molecule has 0 bridgehead atoms. The molecule has 2 unspecified atom stereocenters. The molecule has 1 aromatic rings. The van der Waals surface area contributed by atoms with Crippen LogP contribution in [0.4, 0.5) is 5.69 Å². The van der Waals surface area contributed by atoms with E-state index in [-0.39, 0.29) is 5.56 Å². The van der Waals surface area contributed by atoms with Crippen LogP contribution >= 0.6 is 7.82 Å². The number of non-ortho nitro benzene ring substituents is 1. The van der Waals surface area contributed by atoms with Crippen molar-refractivity contribution in [1.82, 2.24) is 0 Å². The Balaban J connectivity index is 2.65. The molecule has 0 spiro atoms. The molecule has 13 heteroatoms. The number of aliphatic hydroxyl groups excluding tert-OH is 5. The predicted molar refractivity (Wildman–Crippen MR) is 77.9 cm³/mol. The van der Waals surface area contributed by atoms with Gasteiger partial charge in [-0.05, 0) is 17.7 Å². The molecule has 1 saturated carbocycles. The summed E-state index contributed by atoms with van der Waals surface area (Å²) in [5.41, 5.74) is -3.53. The monoisotopic (exact) mass is 381 g/mol. The Kier molecular flexibility index (Phi) is 5.31. The number of phosphoric acid groups is 1. The Bertz CT molecular complexity index is 673. The lowest BCUT2D eigenvalue weighted by atomic mass is 9.71. The van der Waals surface area contributed by atoms with Crippen LogP contribution in [-0.4, -0.2) is 70.8 Å². The van der Waals surface area contributed by atoms with Gasteiger partial charge in [0.15, 0.2) is 5.60 Å². The van der Waals surface area contributed by atoms with Crippen LogP contribution in [0.3, 0.4) is 0 Å². The first-order valence-corrected chi connectivity index (χ1v) is 8.36. The second kappa shape index (κ2) is 6.68. The first-order valence-electron chi connectivity index (χ1n) is 6.83. The number of hydrogen-bond acceptors (Lipinski definition) is 9. The van der Waals surface area contributed by atoms with Gasteiger partial charge in [0.1, 0.15) is 30.5 Å². The Morgan fingerprint density at radius 1 is 0.960 bits per heavy atom. The zero-order chi connectivity index (χ0) is 19.2. The van der Waals surface area contributed by atoms with Crippen molar-refractivity contribution >= 4 is 13.5 Å². The maximum absolute atomic E-state index is 11.4. The quantitative estimate of drug-likeness (QED) is 0.168. The van der Waals surface area contributed by atoms with Crippen molar-refractivity contribution in [3.05, 3.63) is 39.9 Å². The molecule has 12 nitrogen and oxygen atoms in total. The molecule has 1 fully saturated rings. The number of rotatable bonds is 4. The molecule has 1 aliphatic rings. The number of nitro groups is 1. The summed E-state index contributed by atoms with van der Waals surface area (Å²) in [4.78, 5) is 28.2. The average Bonchev–Trinajstić information content (AvgIpc) is 2.54. The van der Waals surface area contributed by atoms with Crippen molar-refractivity contribution < 1.29 is 49.3 Å². The number of nitrogens with zero attached hydrogens (tertiary/aromatic N) is 1. The zero-order valence-corrected chi connectivity index (χ0v) is 13.2. The van der Waals surface area contributed by atoms with Crippen molar-refractivity contribution in [2.75, 3.05) is 0 Å². The molecule has 0 heterocycles. The van der Waals surface area contributed by atoms with Crippen LogP contribution < -0.4 is 0 Å². The summed E-state index contributed by atoms with van der Waals surface area (Å²) in [5.74, 6) is 0. The first kappa shape index (κ1) is 19.8. The average molecular weight is 381 g/mol. The van der Waals surface area contributed by atoms with Crippen molar-refractivity contribution in [3.63, 3.8) is 0 Å². The van der Waals surface area contributed by atoms with Gasteiger partial charge in [-0.3, -0.25) is 14.6 Å². The lowest BCUT2D eigenvalue weighted by Gasteiger charge is -2.50. The van der Waals surface area contributed by atoms with E-state index >= 15 is 0 Å². The van der Waals surface area contributed by atoms with Crippen LogP contribution in [0.2, 0.25) is 0 Å². The number of phosphoric ester groups is 1. The fourth-order valence-corrected chi connectivity index (χ4v) is 3.52. The van der Waals surface area contributed by atoms with E-state index in [1.807, 2.05) is 0 Å². The maximum atomic E-state index is 11.4. The number of benzene rings is 1. The molecule has 0 aromatic heterocycles. The van der Waals surface area contributed by atoms with E-state index in [0.29, 0.717) is 0 Å². The second-order valence-corrected chi connectivity index (χ2v) is 6.70. The van der Waals surface area contributed by atoms with Gasteiger partial charge < -0.3 is 35.3 Å². The normalized spacial score (nSPS) is 36.2. The highest BCUT2D eigenvalue weighted by atomic mass is 31.2. The van der Waals surface area contributed by atoms with E-state index in [1.165, 1.54) is 0 Å². The van der Waals surface area contributed by atoms with Gasteiger partial charge in [-0.15, -0.1) is 0 Å². The molecule has 0 saturated heterocycles. The van der Waals surface area contributed by atoms with Crippen molar-refractivity contribution in [1.29, 1.82) is 0 Å². The summed E-state index contributed by atoms with van der Waals surface area (Å²) >= 11 is 0.